The number of fused-ring (bicyclic) bond motifs is 2. The zero-order chi connectivity index (χ0) is 24.1. The SMILES string of the molecule is O=C1C=C(F)C2C(=C1[As]1SCCS1)Sc1c(-c3ccccc3)c(O)cc(F)c1N2c1ccccc1. The summed E-state index contributed by atoms with van der Waals surface area (Å²) in [6.45, 7) is 0. The molecule has 3 nitrogen and oxygen atoms in total. The standard InChI is InChI=1S/C26H18AsF2NO2S3/c28-17-13-19(31)21(15-7-3-1-4-8-15)25-23(17)30(16-9-5-2-6-10-16)24-18(29)14-20(32)22(26(24)35-25)27-33-11-12-34-27/h1-10,13-14,24,31H,11-12H2. The van der Waals surface area contributed by atoms with Crippen molar-refractivity contribution in [3.05, 3.63) is 93.7 Å². The zero-order valence-corrected chi connectivity index (χ0v) is 22.5. The molecule has 3 aromatic rings. The molecular weight excluding hydrogens is 567 g/mol. The van der Waals surface area contributed by atoms with Crippen LogP contribution in [0.2, 0.25) is 0 Å². The minimum atomic E-state index is -1.82. The first-order chi connectivity index (χ1) is 17.0. The van der Waals surface area contributed by atoms with E-state index in [4.69, 9.17) is 0 Å². The first-order valence-corrected chi connectivity index (χ1v) is 19.1. The van der Waals surface area contributed by atoms with Gasteiger partial charge in [0.1, 0.15) is 0 Å². The van der Waals surface area contributed by atoms with E-state index in [1.807, 2.05) is 80.7 Å². The van der Waals surface area contributed by atoms with Crippen molar-refractivity contribution in [3.63, 3.8) is 0 Å². The molecule has 0 aromatic heterocycles. The first kappa shape index (κ1) is 23.3. The van der Waals surface area contributed by atoms with Crippen molar-refractivity contribution in [2.45, 2.75) is 10.9 Å². The number of allylic oxidation sites excluding steroid dienone is 2. The number of halogens is 2. The second kappa shape index (κ2) is 9.40. The van der Waals surface area contributed by atoms with Gasteiger partial charge in [-0.2, -0.15) is 0 Å². The Morgan fingerprint density at radius 3 is 2.31 bits per heavy atom. The second-order valence-corrected chi connectivity index (χ2v) is 20.7. The van der Waals surface area contributed by atoms with Gasteiger partial charge in [-0.3, -0.25) is 0 Å². The summed E-state index contributed by atoms with van der Waals surface area (Å²) in [7, 11) is 3.64. The Morgan fingerprint density at radius 1 is 0.971 bits per heavy atom. The molecule has 0 radical (unpaired) electrons. The molecule has 9 heteroatoms. The Balaban J connectivity index is 1.68. The number of nitrogens with zero attached hydrogens (tertiary/aromatic N) is 1. The molecule has 6 rings (SSSR count). The van der Waals surface area contributed by atoms with Crippen LogP contribution in [0.25, 0.3) is 11.1 Å². The predicted octanol–water partition coefficient (Wildman–Crippen LogP) is 7.01. The Morgan fingerprint density at radius 2 is 1.63 bits per heavy atom. The van der Waals surface area contributed by atoms with Crippen molar-refractivity contribution in [1.82, 2.24) is 0 Å². The summed E-state index contributed by atoms with van der Waals surface area (Å²) in [5.41, 5.74) is 2.03. The van der Waals surface area contributed by atoms with Crippen LogP contribution in [0.1, 0.15) is 0 Å². The van der Waals surface area contributed by atoms with Gasteiger partial charge in [-0.05, 0) is 0 Å². The molecule has 3 aliphatic rings. The fourth-order valence-electron chi connectivity index (χ4n) is 4.50. The average molecular weight is 586 g/mol. The fraction of sp³-hybridized carbons (Fsp3) is 0.115. The summed E-state index contributed by atoms with van der Waals surface area (Å²) in [5.74, 6) is 0.254. The van der Waals surface area contributed by atoms with Crippen molar-refractivity contribution in [2.75, 3.05) is 16.4 Å². The number of hydrogen-bond donors (Lipinski definition) is 1. The van der Waals surface area contributed by atoms with Gasteiger partial charge in [0.2, 0.25) is 0 Å². The van der Waals surface area contributed by atoms with Gasteiger partial charge >= 0.3 is 218 Å². The number of rotatable bonds is 3. The van der Waals surface area contributed by atoms with Crippen molar-refractivity contribution in [3.8, 4) is 16.9 Å². The number of thioether (sulfide) groups is 1. The van der Waals surface area contributed by atoms with Crippen LogP contribution in [0.3, 0.4) is 0 Å². The molecule has 1 atom stereocenters. The van der Waals surface area contributed by atoms with Gasteiger partial charge in [0.05, 0.1) is 0 Å². The predicted molar refractivity (Wildman–Crippen MR) is 144 cm³/mol. The van der Waals surface area contributed by atoms with E-state index in [0.717, 1.165) is 29.2 Å². The summed E-state index contributed by atoms with van der Waals surface area (Å²) in [4.78, 5) is 15.9. The van der Waals surface area contributed by atoms with Gasteiger partial charge in [-0.1, -0.05) is 0 Å². The minimum absolute atomic E-state index is 0.186. The van der Waals surface area contributed by atoms with E-state index in [0.29, 0.717) is 25.4 Å². The molecule has 2 aliphatic heterocycles. The van der Waals surface area contributed by atoms with E-state index in [1.165, 1.54) is 11.8 Å². The van der Waals surface area contributed by atoms with Crippen LogP contribution < -0.4 is 4.90 Å². The third kappa shape index (κ3) is 3.95. The Hall–Kier alpha value is -2.12. The number of ketones is 1. The number of anilines is 2. The van der Waals surface area contributed by atoms with E-state index in [2.05, 4.69) is 0 Å². The number of carbonyl (C=O) groups is 1. The van der Waals surface area contributed by atoms with E-state index in [-0.39, 0.29) is 17.2 Å². The van der Waals surface area contributed by atoms with Gasteiger partial charge < -0.3 is 0 Å². The average Bonchev–Trinajstić information content (AvgIpc) is 3.38. The Kier molecular flexibility index (Phi) is 6.25. The van der Waals surface area contributed by atoms with E-state index >= 15 is 8.78 Å². The maximum atomic E-state index is 15.7. The Bertz CT molecular complexity index is 1390. The van der Waals surface area contributed by atoms with Crippen molar-refractivity contribution >= 4 is 61.3 Å². The molecule has 0 spiro atoms. The molecule has 1 unspecified atom stereocenters. The third-order valence-corrected chi connectivity index (χ3v) is 21.2. The van der Waals surface area contributed by atoms with E-state index in [9.17, 15) is 9.90 Å². The molecule has 2 heterocycles. The van der Waals surface area contributed by atoms with Crippen LogP contribution in [-0.2, 0) is 4.79 Å². The number of phenols is 1. The summed E-state index contributed by atoms with van der Waals surface area (Å²) < 4.78 is 32.1. The second-order valence-electron chi connectivity index (χ2n) is 8.04. The van der Waals surface area contributed by atoms with Crippen LogP contribution >= 0.6 is 31.8 Å². The molecule has 1 N–H and O–H groups in total. The number of benzene rings is 3. The fourth-order valence-corrected chi connectivity index (χ4v) is 22.1. The topological polar surface area (TPSA) is 40.5 Å². The summed E-state index contributed by atoms with van der Waals surface area (Å²) in [6.07, 6.45) is 1.09. The van der Waals surface area contributed by atoms with Crippen LogP contribution in [0.5, 0.6) is 5.75 Å². The van der Waals surface area contributed by atoms with Crippen LogP contribution in [0.15, 0.2) is 92.8 Å². The molecule has 1 aliphatic carbocycles. The molecule has 1 saturated heterocycles. The number of aromatic hydroxyl groups is 1. The molecule has 35 heavy (non-hydrogen) atoms. The van der Waals surface area contributed by atoms with Gasteiger partial charge in [0.15, 0.2) is 0 Å². The van der Waals surface area contributed by atoms with E-state index < -0.39 is 30.0 Å². The normalized spacial score (nSPS) is 20.1. The summed E-state index contributed by atoms with van der Waals surface area (Å²) in [5, 5.41) is 10.9. The molecule has 176 valence electrons. The van der Waals surface area contributed by atoms with Crippen molar-refractivity contribution < 1.29 is 18.7 Å². The van der Waals surface area contributed by atoms with Gasteiger partial charge in [0.25, 0.3) is 0 Å². The summed E-state index contributed by atoms with van der Waals surface area (Å²) >= 11 is -0.586. The maximum absolute atomic E-state index is 15.7. The first-order valence-electron chi connectivity index (χ1n) is 10.9. The third-order valence-electron chi connectivity index (χ3n) is 5.92. The zero-order valence-electron chi connectivity index (χ0n) is 18.2. The monoisotopic (exact) mass is 585 g/mol. The van der Waals surface area contributed by atoms with Crippen molar-refractivity contribution in [2.24, 2.45) is 0 Å². The quantitative estimate of drug-likeness (QED) is 0.334. The number of hydrogen-bond acceptors (Lipinski definition) is 6. The van der Waals surface area contributed by atoms with Crippen LogP contribution in [-0.4, -0.2) is 40.8 Å². The van der Waals surface area contributed by atoms with Gasteiger partial charge in [0, 0.05) is 0 Å². The summed E-state index contributed by atoms with van der Waals surface area (Å²) in [6, 6.07) is 18.6. The molecule has 0 saturated carbocycles. The molecule has 1 fully saturated rings. The molecule has 0 amide bonds. The number of phenolic OH excluding ortho intramolecular Hbond substituents is 1. The van der Waals surface area contributed by atoms with Gasteiger partial charge in [-0.25, -0.2) is 0 Å². The van der Waals surface area contributed by atoms with Crippen LogP contribution in [0, 0.1) is 5.82 Å². The number of para-hydroxylation sites is 1. The molecular formula is C26H18AsF2NO2S3. The molecule has 3 aromatic carbocycles. The van der Waals surface area contributed by atoms with E-state index in [1.54, 1.807) is 4.90 Å². The van der Waals surface area contributed by atoms with Gasteiger partial charge in [-0.15, -0.1) is 0 Å². The van der Waals surface area contributed by atoms with Crippen molar-refractivity contribution in [1.29, 1.82) is 0 Å². The number of carbonyl (C=O) groups excluding carboxylic acids is 1. The molecule has 0 bridgehead atoms. The Labute approximate surface area is 216 Å². The van der Waals surface area contributed by atoms with Crippen LogP contribution in [0.4, 0.5) is 20.2 Å².